The molecule has 0 aliphatic rings. The van der Waals surface area contributed by atoms with Crippen molar-refractivity contribution in [3.63, 3.8) is 0 Å². The Morgan fingerprint density at radius 2 is 2.33 bits per heavy atom. The minimum absolute atomic E-state index is 0.0277. The van der Waals surface area contributed by atoms with E-state index < -0.39 is 5.97 Å². The maximum absolute atomic E-state index is 10.8. The Morgan fingerprint density at radius 1 is 1.60 bits per heavy atom. The van der Waals surface area contributed by atoms with Crippen molar-refractivity contribution in [2.45, 2.75) is 6.42 Å². The first-order valence-electron chi connectivity index (χ1n) is 4.31. The summed E-state index contributed by atoms with van der Waals surface area (Å²) >= 11 is 5.58. The van der Waals surface area contributed by atoms with Crippen molar-refractivity contribution >= 4 is 23.6 Å². The van der Waals surface area contributed by atoms with Crippen LogP contribution >= 0.6 is 11.6 Å². The number of halogens is 1. The lowest BCUT2D eigenvalue weighted by molar-refractivity contribution is 0.0696. The molecule has 2 N–H and O–H groups in total. The fourth-order valence-corrected chi connectivity index (χ4v) is 1.20. The summed E-state index contributed by atoms with van der Waals surface area (Å²) in [4.78, 5) is 14.6. The van der Waals surface area contributed by atoms with Gasteiger partial charge in [0.05, 0.1) is 5.56 Å². The summed E-state index contributed by atoms with van der Waals surface area (Å²) < 4.78 is 0. The van der Waals surface area contributed by atoms with Crippen LogP contribution in [0.1, 0.15) is 22.3 Å². The third kappa shape index (κ3) is 3.34. The molecule has 0 saturated heterocycles. The summed E-state index contributed by atoms with van der Waals surface area (Å²) in [5, 5.41) is 17.6. The first kappa shape index (κ1) is 11.7. The van der Waals surface area contributed by atoms with Gasteiger partial charge in [-0.1, -0.05) is 23.8 Å². The van der Waals surface area contributed by atoms with Gasteiger partial charge >= 0.3 is 5.97 Å². The van der Waals surface area contributed by atoms with Gasteiger partial charge in [0.2, 0.25) is 0 Å². The molecule has 0 amide bonds. The third-order valence-corrected chi connectivity index (χ3v) is 1.93. The van der Waals surface area contributed by atoms with Gasteiger partial charge in [-0.05, 0) is 12.5 Å². The molecule has 0 atom stereocenters. The number of hydrogen-bond acceptors (Lipinski definition) is 3. The number of nitrogens with zero attached hydrogens (tertiary/aromatic N) is 1. The number of pyridine rings is 1. The van der Waals surface area contributed by atoms with Gasteiger partial charge in [-0.2, -0.15) is 0 Å². The van der Waals surface area contributed by atoms with Gasteiger partial charge in [0.25, 0.3) is 0 Å². The Labute approximate surface area is 91.8 Å². The summed E-state index contributed by atoms with van der Waals surface area (Å²) in [6.07, 6.45) is 5.14. The molecule has 0 aromatic carbocycles. The van der Waals surface area contributed by atoms with Crippen molar-refractivity contribution in [3.05, 3.63) is 34.6 Å². The van der Waals surface area contributed by atoms with Crippen molar-refractivity contribution in [3.8, 4) is 0 Å². The lowest BCUT2D eigenvalue weighted by Gasteiger charge is -2.00. The van der Waals surface area contributed by atoms with Crippen LogP contribution in [0.25, 0.3) is 6.08 Å². The minimum Gasteiger partial charge on any atom is -0.478 e. The fourth-order valence-electron chi connectivity index (χ4n) is 1.04. The molecule has 0 saturated carbocycles. The van der Waals surface area contributed by atoms with Gasteiger partial charge < -0.3 is 10.2 Å². The molecule has 0 fully saturated rings. The molecule has 1 heterocycles. The van der Waals surface area contributed by atoms with E-state index in [9.17, 15) is 4.79 Å². The van der Waals surface area contributed by atoms with Crippen molar-refractivity contribution in [1.29, 1.82) is 0 Å². The lowest BCUT2D eigenvalue weighted by atomic mass is 10.1. The average Bonchev–Trinajstić information content (AvgIpc) is 2.20. The van der Waals surface area contributed by atoms with E-state index in [0.29, 0.717) is 12.0 Å². The number of carboxylic acids is 1. The molecule has 1 aromatic heterocycles. The highest BCUT2D eigenvalue weighted by Crippen LogP contribution is 2.14. The maximum Gasteiger partial charge on any atom is 0.336 e. The summed E-state index contributed by atoms with van der Waals surface area (Å²) in [6, 6.07) is 1.29. The molecule has 0 unspecified atom stereocenters. The zero-order valence-corrected chi connectivity index (χ0v) is 8.61. The molecule has 0 aliphatic carbocycles. The van der Waals surface area contributed by atoms with E-state index in [2.05, 4.69) is 4.98 Å². The van der Waals surface area contributed by atoms with Crippen LogP contribution in [0, 0.1) is 0 Å². The Balaban J connectivity index is 3.01. The van der Waals surface area contributed by atoms with Gasteiger partial charge in [0, 0.05) is 18.4 Å². The number of aromatic carboxylic acids is 1. The predicted octanol–water partition coefficient (Wildman–Crippen LogP) is 1.83. The molecule has 0 radical (unpaired) electrons. The van der Waals surface area contributed by atoms with Gasteiger partial charge in [-0.25, -0.2) is 9.78 Å². The minimum atomic E-state index is -1.05. The maximum atomic E-state index is 10.8. The van der Waals surface area contributed by atoms with E-state index in [1.54, 1.807) is 12.2 Å². The summed E-state index contributed by atoms with van der Waals surface area (Å²) in [6.45, 7) is 0.0277. The highest BCUT2D eigenvalue weighted by atomic mass is 35.5. The van der Waals surface area contributed by atoms with Crippen molar-refractivity contribution < 1.29 is 15.0 Å². The second kappa shape index (κ2) is 5.48. The third-order valence-electron chi connectivity index (χ3n) is 1.72. The van der Waals surface area contributed by atoms with Crippen LogP contribution < -0.4 is 0 Å². The molecule has 80 valence electrons. The van der Waals surface area contributed by atoms with E-state index in [1.807, 2.05) is 0 Å². The first-order chi connectivity index (χ1) is 7.15. The quantitative estimate of drug-likeness (QED) is 0.770. The van der Waals surface area contributed by atoms with E-state index >= 15 is 0 Å². The predicted molar refractivity (Wildman–Crippen MR) is 56.9 cm³/mol. The Morgan fingerprint density at radius 3 is 2.93 bits per heavy atom. The number of aliphatic hydroxyl groups is 1. The second-order valence-electron chi connectivity index (χ2n) is 2.81. The monoisotopic (exact) mass is 227 g/mol. The first-order valence-corrected chi connectivity index (χ1v) is 4.69. The number of aliphatic hydroxyl groups excluding tert-OH is 1. The zero-order chi connectivity index (χ0) is 11.3. The largest absolute Gasteiger partial charge is 0.478 e. The number of hydrogen-bond donors (Lipinski definition) is 2. The highest BCUT2D eigenvalue weighted by molar-refractivity contribution is 6.29. The number of aromatic nitrogens is 1. The van der Waals surface area contributed by atoms with Crippen molar-refractivity contribution in [1.82, 2.24) is 4.98 Å². The van der Waals surface area contributed by atoms with Crippen LogP contribution in [-0.4, -0.2) is 27.8 Å². The fraction of sp³-hybridized carbons (Fsp3) is 0.200. The van der Waals surface area contributed by atoms with Crippen LogP contribution in [0.2, 0.25) is 5.15 Å². The number of rotatable bonds is 4. The summed E-state index contributed by atoms with van der Waals surface area (Å²) in [5.41, 5.74) is 0.574. The van der Waals surface area contributed by atoms with Crippen LogP contribution in [0.5, 0.6) is 0 Å². The molecule has 0 spiro atoms. The highest BCUT2D eigenvalue weighted by Gasteiger charge is 2.08. The van der Waals surface area contributed by atoms with E-state index in [0.717, 1.165) is 0 Å². The van der Waals surface area contributed by atoms with Crippen molar-refractivity contribution in [2.24, 2.45) is 0 Å². The molecule has 4 nitrogen and oxygen atoms in total. The molecule has 1 rings (SSSR count). The van der Waals surface area contributed by atoms with Crippen LogP contribution in [0.3, 0.4) is 0 Å². The Kier molecular flexibility index (Phi) is 4.27. The number of carboxylic acid groups (broad SMARTS) is 1. The van der Waals surface area contributed by atoms with Gasteiger partial charge in [0.1, 0.15) is 5.15 Å². The summed E-state index contributed by atoms with van der Waals surface area (Å²) in [5.74, 6) is -1.05. The van der Waals surface area contributed by atoms with Crippen molar-refractivity contribution in [2.75, 3.05) is 6.61 Å². The topological polar surface area (TPSA) is 70.4 Å². The molecular formula is C10H10ClNO3. The number of carbonyl (C=O) groups is 1. The normalized spacial score (nSPS) is 10.8. The van der Waals surface area contributed by atoms with Gasteiger partial charge in [0.15, 0.2) is 0 Å². The summed E-state index contributed by atoms with van der Waals surface area (Å²) in [7, 11) is 0. The molecule has 5 heteroatoms. The lowest BCUT2D eigenvalue weighted by Crippen LogP contribution is -2.00. The Bertz CT molecular complexity index is 390. The zero-order valence-electron chi connectivity index (χ0n) is 7.85. The van der Waals surface area contributed by atoms with E-state index in [-0.39, 0.29) is 17.3 Å². The smallest absolute Gasteiger partial charge is 0.336 e. The van der Waals surface area contributed by atoms with Gasteiger partial charge in [-0.3, -0.25) is 0 Å². The van der Waals surface area contributed by atoms with Crippen LogP contribution in [-0.2, 0) is 0 Å². The van der Waals surface area contributed by atoms with E-state index in [1.165, 1.54) is 12.3 Å². The molecule has 1 aromatic rings. The second-order valence-corrected chi connectivity index (χ2v) is 3.20. The molecular weight excluding hydrogens is 218 g/mol. The van der Waals surface area contributed by atoms with Crippen LogP contribution in [0.15, 0.2) is 18.3 Å². The Hall–Kier alpha value is -1.39. The molecule has 0 aliphatic heterocycles. The molecule has 0 bridgehead atoms. The van der Waals surface area contributed by atoms with Crippen LogP contribution in [0.4, 0.5) is 0 Å². The average molecular weight is 228 g/mol. The van der Waals surface area contributed by atoms with E-state index in [4.69, 9.17) is 21.8 Å². The van der Waals surface area contributed by atoms with Gasteiger partial charge in [-0.15, -0.1) is 0 Å². The standard InChI is InChI=1S/C10H10ClNO3/c11-9-5-8(10(14)15)7(6-12-9)3-1-2-4-13/h1,3,5-6,13H,2,4H2,(H,14,15). The SMILES string of the molecule is O=C(O)c1cc(Cl)ncc1C=CCCO. The molecule has 15 heavy (non-hydrogen) atoms.